The molecule has 0 aliphatic carbocycles. The molecular formula is C15H16O3. The molecule has 2 rings (SSSR count). The Morgan fingerprint density at radius 2 is 1.83 bits per heavy atom. The zero-order valence-corrected chi connectivity index (χ0v) is 10.5. The highest BCUT2D eigenvalue weighted by atomic mass is 16.5. The molecule has 0 spiro atoms. The fourth-order valence-corrected chi connectivity index (χ4v) is 1.75. The Morgan fingerprint density at radius 3 is 2.56 bits per heavy atom. The number of aromatic hydroxyl groups is 1. The van der Waals surface area contributed by atoms with E-state index in [9.17, 15) is 5.11 Å². The number of hydrogen-bond donors (Lipinski definition) is 1. The molecule has 2 aromatic rings. The van der Waals surface area contributed by atoms with Crippen molar-refractivity contribution in [3.8, 4) is 17.2 Å². The maximum absolute atomic E-state index is 9.61. The highest BCUT2D eigenvalue weighted by molar-refractivity contribution is 5.40. The molecule has 3 heteroatoms. The van der Waals surface area contributed by atoms with E-state index >= 15 is 0 Å². The van der Waals surface area contributed by atoms with Gasteiger partial charge < -0.3 is 14.6 Å². The van der Waals surface area contributed by atoms with Crippen LogP contribution in [0.1, 0.15) is 11.1 Å². The molecule has 0 bridgehead atoms. The van der Waals surface area contributed by atoms with Crippen LogP contribution in [0.25, 0.3) is 0 Å². The van der Waals surface area contributed by atoms with E-state index < -0.39 is 0 Å². The van der Waals surface area contributed by atoms with Crippen LogP contribution < -0.4 is 9.47 Å². The van der Waals surface area contributed by atoms with Crippen LogP contribution in [0.3, 0.4) is 0 Å². The van der Waals surface area contributed by atoms with Gasteiger partial charge in [0.1, 0.15) is 12.4 Å². The van der Waals surface area contributed by atoms with Crippen LogP contribution in [-0.2, 0) is 6.61 Å². The van der Waals surface area contributed by atoms with Gasteiger partial charge in [0.05, 0.1) is 7.11 Å². The van der Waals surface area contributed by atoms with Crippen molar-refractivity contribution in [3.05, 3.63) is 53.6 Å². The molecule has 0 aliphatic heterocycles. The van der Waals surface area contributed by atoms with Gasteiger partial charge in [0, 0.05) is 5.56 Å². The highest BCUT2D eigenvalue weighted by Crippen LogP contribution is 2.27. The zero-order chi connectivity index (χ0) is 13.0. The van der Waals surface area contributed by atoms with Gasteiger partial charge >= 0.3 is 0 Å². The molecule has 3 nitrogen and oxygen atoms in total. The zero-order valence-electron chi connectivity index (χ0n) is 10.5. The van der Waals surface area contributed by atoms with Crippen LogP contribution in [0.4, 0.5) is 0 Å². The monoisotopic (exact) mass is 244 g/mol. The van der Waals surface area contributed by atoms with Crippen molar-refractivity contribution < 1.29 is 14.6 Å². The van der Waals surface area contributed by atoms with E-state index in [0.29, 0.717) is 12.4 Å². The van der Waals surface area contributed by atoms with Crippen LogP contribution in [-0.4, -0.2) is 12.2 Å². The van der Waals surface area contributed by atoms with Crippen molar-refractivity contribution in [1.29, 1.82) is 0 Å². The molecule has 0 fully saturated rings. The van der Waals surface area contributed by atoms with Crippen LogP contribution in [0.5, 0.6) is 17.2 Å². The van der Waals surface area contributed by atoms with Gasteiger partial charge in [-0.05, 0) is 31.2 Å². The second kappa shape index (κ2) is 5.45. The normalized spacial score (nSPS) is 10.1. The number of ether oxygens (including phenoxy) is 2. The lowest BCUT2D eigenvalue weighted by Crippen LogP contribution is -1.99. The molecule has 0 amide bonds. The Labute approximate surface area is 107 Å². The SMILES string of the molecule is COc1ccc(C)cc1COc1ccccc1O. The lowest BCUT2D eigenvalue weighted by Gasteiger charge is -2.11. The molecule has 0 atom stereocenters. The third-order valence-corrected chi connectivity index (χ3v) is 2.68. The van der Waals surface area contributed by atoms with Crippen molar-refractivity contribution in [2.75, 3.05) is 7.11 Å². The summed E-state index contributed by atoms with van der Waals surface area (Å²) in [4.78, 5) is 0. The number of phenols is 1. The average Bonchev–Trinajstić information content (AvgIpc) is 2.38. The lowest BCUT2D eigenvalue weighted by atomic mass is 10.1. The lowest BCUT2D eigenvalue weighted by molar-refractivity contribution is 0.281. The summed E-state index contributed by atoms with van der Waals surface area (Å²) in [7, 11) is 1.63. The van der Waals surface area contributed by atoms with Crippen molar-refractivity contribution in [2.45, 2.75) is 13.5 Å². The first-order valence-electron chi connectivity index (χ1n) is 5.75. The summed E-state index contributed by atoms with van der Waals surface area (Å²) >= 11 is 0. The third-order valence-electron chi connectivity index (χ3n) is 2.68. The molecule has 0 radical (unpaired) electrons. The second-order valence-electron chi connectivity index (χ2n) is 4.07. The van der Waals surface area contributed by atoms with E-state index in [1.165, 1.54) is 0 Å². The number of rotatable bonds is 4. The van der Waals surface area contributed by atoms with Gasteiger partial charge in [-0.2, -0.15) is 0 Å². The Bertz CT molecular complexity index is 535. The minimum absolute atomic E-state index is 0.143. The van der Waals surface area contributed by atoms with E-state index in [1.807, 2.05) is 31.2 Å². The minimum Gasteiger partial charge on any atom is -0.504 e. The Balaban J connectivity index is 2.15. The highest BCUT2D eigenvalue weighted by Gasteiger charge is 2.06. The van der Waals surface area contributed by atoms with Crippen molar-refractivity contribution in [3.63, 3.8) is 0 Å². The fourth-order valence-electron chi connectivity index (χ4n) is 1.75. The molecule has 94 valence electrons. The molecule has 18 heavy (non-hydrogen) atoms. The summed E-state index contributed by atoms with van der Waals surface area (Å²) in [5, 5.41) is 9.61. The first-order chi connectivity index (χ1) is 8.70. The molecule has 0 saturated carbocycles. The molecule has 2 aromatic carbocycles. The molecule has 1 N–H and O–H groups in total. The van der Waals surface area contributed by atoms with Crippen LogP contribution in [0.2, 0.25) is 0 Å². The van der Waals surface area contributed by atoms with Gasteiger partial charge in [-0.3, -0.25) is 0 Å². The minimum atomic E-state index is 0.143. The van der Waals surface area contributed by atoms with E-state index in [-0.39, 0.29) is 5.75 Å². The van der Waals surface area contributed by atoms with Crippen LogP contribution in [0.15, 0.2) is 42.5 Å². The van der Waals surface area contributed by atoms with Gasteiger partial charge in [0.2, 0.25) is 0 Å². The van der Waals surface area contributed by atoms with E-state index in [1.54, 1.807) is 25.3 Å². The molecule has 0 aliphatic rings. The number of phenolic OH excluding ortho intramolecular Hbond substituents is 1. The quantitative estimate of drug-likeness (QED) is 0.897. The summed E-state index contributed by atoms with van der Waals surface area (Å²) in [6, 6.07) is 12.8. The van der Waals surface area contributed by atoms with Gasteiger partial charge in [-0.25, -0.2) is 0 Å². The fraction of sp³-hybridized carbons (Fsp3) is 0.200. The Hall–Kier alpha value is -2.16. The standard InChI is InChI=1S/C15H16O3/c1-11-7-8-14(17-2)12(9-11)10-18-15-6-4-3-5-13(15)16/h3-9,16H,10H2,1-2H3. The molecule has 0 unspecified atom stereocenters. The topological polar surface area (TPSA) is 38.7 Å². The number of benzene rings is 2. The summed E-state index contributed by atoms with van der Waals surface area (Å²) in [5.41, 5.74) is 2.10. The van der Waals surface area contributed by atoms with Crippen molar-refractivity contribution >= 4 is 0 Å². The van der Waals surface area contributed by atoms with E-state index in [0.717, 1.165) is 16.9 Å². The number of para-hydroxylation sites is 2. The molecule has 0 heterocycles. The van der Waals surface area contributed by atoms with Gasteiger partial charge in [0.15, 0.2) is 11.5 Å². The maximum Gasteiger partial charge on any atom is 0.161 e. The van der Waals surface area contributed by atoms with E-state index in [4.69, 9.17) is 9.47 Å². The first-order valence-corrected chi connectivity index (χ1v) is 5.75. The maximum atomic E-state index is 9.61. The number of hydrogen-bond acceptors (Lipinski definition) is 3. The Kier molecular flexibility index (Phi) is 3.72. The smallest absolute Gasteiger partial charge is 0.161 e. The summed E-state index contributed by atoms with van der Waals surface area (Å²) in [6.45, 7) is 2.38. The largest absolute Gasteiger partial charge is 0.504 e. The van der Waals surface area contributed by atoms with Gasteiger partial charge in [-0.15, -0.1) is 0 Å². The summed E-state index contributed by atoms with van der Waals surface area (Å²) in [6.07, 6.45) is 0. The number of aryl methyl sites for hydroxylation is 1. The van der Waals surface area contributed by atoms with Gasteiger partial charge in [0.25, 0.3) is 0 Å². The van der Waals surface area contributed by atoms with Crippen LogP contribution in [0, 0.1) is 6.92 Å². The summed E-state index contributed by atoms with van der Waals surface area (Å²) in [5.74, 6) is 1.40. The van der Waals surface area contributed by atoms with E-state index in [2.05, 4.69) is 0 Å². The van der Waals surface area contributed by atoms with Crippen LogP contribution >= 0.6 is 0 Å². The van der Waals surface area contributed by atoms with Gasteiger partial charge in [-0.1, -0.05) is 23.8 Å². The molecule has 0 saturated heterocycles. The Morgan fingerprint density at radius 1 is 1.06 bits per heavy atom. The number of methoxy groups -OCH3 is 1. The average molecular weight is 244 g/mol. The summed E-state index contributed by atoms with van der Waals surface area (Å²) < 4.78 is 10.9. The predicted molar refractivity (Wildman–Crippen MR) is 70.2 cm³/mol. The van der Waals surface area contributed by atoms with Crippen molar-refractivity contribution in [2.24, 2.45) is 0 Å². The first kappa shape index (κ1) is 12.3. The van der Waals surface area contributed by atoms with Crippen molar-refractivity contribution in [1.82, 2.24) is 0 Å². The predicted octanol–water partition coefficient (Wildman–Crippen LogP) is 3.29. The third kappa shape index (κ3) is 2.74. The molecule has 0 aromatic heterocycles. The second-order valence-corrected chi connectivity index (χ2v) is 4.07. The molecular weight excluding hydrogens is 228 g/mol.